The SMILES string of the molecule is O=C(NCCc1ccc(F)cc1)C(=O)NCCC1CCCCN1S(=O)(=O)c1ccc(Cl)cc1. The molecule has 0 radical (unpaired) electrons. The minimum absolute atomic E-state index is 0.182. The van der Waals surface area contributed by atoms with Gasteiger partial charge in [0.25, 0.3) is 0 Å². The van der Waals surface area contributed by atoms with E-state index in [1.165, 1.54) is 28.6 Å². The molecule has 10 heteroatoms. The van der Waals surface area contributed by atoms with Gasteiger partial charge in [-0.3, -0.25) is 9.59 Å². The van der Waals surface area contributed by atoms with Gasteiger partial charge >= 0.3 is 11.8 Å². The second kappa shape index (κ2) is 11.6. The van der Waals surface area contributed by atoms with Crippen molar-refractivity contribution in [3.8, 4) is 0 Å². The lowest BCUT2D eigenvalue weighted by molar-refractivity contribution is -0.139. The first kappa shape index (κ1) is 25.1. The number of halogens is 2. The van der Waals surface area contributed by atoms with E-state index in [-0.39, 0.29) is 29.8 Å². The van der Waals surface area contributed by atoms with Gasteiger partial charge in [0.2, 0.25) is 10.0 Å². The highest BCUT2D eigenvalue weighted by molar-refractivity contribution is 7.89. The summed E-state index contributed by atoms with van der Waals surface area (Å²) in [4.78, 5) is 24.3. The number of nitrogens with zero attached hydrogens (tertiary/aromatic N) is 1. The number of hydrogen-bond donors (Lipinski definition) is 2. The first-order valence-electron chi connectivity index (χ1n) is 10.9. The molecule has 0 spiro atoms. The third kappa shape index (κ3) is 6.99. The molecule has 7 nitrogen and oxygen atoms in total. The number of piperidine rings is 1. The molecule has 0 aromatic heterocycles. The van der Waals surface area contributed by atoms with Crippen molar-refractivity contribution in [2.75, 3.05) is 19.6 Å². The normalized spacial score (nSPS) is 16.8. The fourth-order valence-corrected chi connectivity index (χ4v) is 5.65. The van der Waals surface area contributed by atoms with Crippen LogP contribution in [-0.4, -0.2) is 50.2 Å². The molecule has 178 valence electrons. The van der Waals surface area contributed by atoms with Crippen LogP contribution in [0, 0.1) is 5.82 Å². The van der Waals surface area contributed by atoms with Crippen LogP contribution in [0.4, 0.5) is 4.39 Å². The molecule has 2 aromatic carbocycles. The molecule has 1 saturated heterocycles. The Morgan fingerprint density at radius 3 is 2.27 bits per heavy atom. The second-order valence-electron chi connectivity index (χ2n) is 7.90. The molecule has 1 unspecified atom stereocenters. The summed E-state index contributed by atoms with van der Waals surface area (Å²) < 4.78 is 40.6. The molecular weight excluding hydrogens is 469 g/mol. The van der Waals surface area contributed by atoms with Crippen LogP contribution in [0.1, 0.15) is 31.2 Å². The number of amides is 2. The smallest absolute Gasteiger partial charge is 0.309 e. The Morgan fingerprint density at radius 1 is 0.970 bits per heavy atom. The fraction of sp³-hybridized carbons (Fsp3) is 0.391. The number of carbonyl (C=O) groups excluding carboxylic acids is 2. The number of carbonyl (C=O) groups is 2. The lowest BCUT2D eigenvalue weighted by Gasteiger charge is -2.34. The lowest BCUT2D eigenvalue weighted by atomic mass is 10.0. The zero-order valence-electron chi connectivity index (χ0n) is 18.1. The van der Waals surface area contributed by atoms with Gasteiger partial charge < -0.3 is 10.6 Å². The fourth-order valence-electron chi connectivity index (χ4n) is 3.81. The average Bonchev–Trinajstić information content (AvgIpc) is 2.80. The summed E-state index contributed by atoms with van der Waals surface area (Å²) in [7, 11) is -3.68. The standard InChI is InChI=1S/C23H27ClFN3O4S/c24-18-6-10-21(11-7-18)33(31,32)28-16-2-1-3-20(28)13-15-27-23(30)22(29)26-14-12-17-4-8-19(25)9-5-17/h4-11,20H,1-3,12-16H2,(H,26,29)(H,27,30). The number of rotatable bonds is 8. The predicted molar refractivity (Wildman–Crippen MR) is 124 cm³/mol. The Bertz CT molecular complexity index is 1060. The first-order chi connectivity index (χ1) is 15.8. The van der Waals surface area contributed by atoms with Crippen molar-refractivity contribution in [3.05, 3.63) is 64.9 Å². The van der Waals surface area contributed by atoms with E-state index in [0.717, 1.165) is 18.4 Å². The molecule has 1 aliphatic heterocycles. The Labute approximate surface area is 198 Å². The summed E-state index contributed by atoms with van der Waals surface area (Å²) >= 11 is 5.87. The number of hydrogen-bond acceptors (Lipinski definition) is 4. The van der Waals surface area contributed by atoms with Crippen molar-refractivity contribution in [2.24, 2.45) is 0 Å². The average molecular weight is 496 g/mol. The molecule has 2 aromatic rings. The Kier molecular flexibility index (Phi) is 8.82. The lowest BCUT2D eigenvalue weighted by Crippen LogP contribution is -2.46. The van der Waals surface area contributed by atoms with Gasteiger partial charge in [0.05, 0.1) is 4.90 Å². The van der Waals surface area contributed by atoms with Gasteiger partial charge in [-0.2, -0.15) is 4.31 Å². The Balaban J connectivity index is 1.47. The summed E-state index contributed by atoms with van der Waals surface area (Å²) in [5, 5.41) is 5.56. The quantitative estimate of drug-likeness (QED) is 0.550. The summed E-state index contributed by atoms with van der Waals surface area (Å²) in [6.45, 7) is 0.836. The van der Waals surface area contributed by atoms with Gasteiger partial charge in [0.15, 0.2) is 0 Å². The minimum atomic E-state index is -3.68. The molecule has 2 N–H and O–H groups in total. The maximum atomic E-state index is 13.1. The van der Waals surface area contributed by atoms with Gasteiger partial charge in [0.1, 0.15) is 5.82 Å². The van der Waals surface area contributed by atoms with E-state index in [2.05, 4.69) is 10.6 Å². The Hall–Kier alpha value is -2.49. The van der Waals surface area contributed by atoms with E-state index in [9.17, 15) is 22.4 Å². The maximum Gasteiger partial charge on any atom is 0.309 e. The monoisotopic (exact) mass is 495 g/mol. The predicted octanol–water partition coefficient (Wildman–Crippen LogP) is 2.89. The van der Waals surface area contributed by atoms with E-state index in [4.69, 9.17) is 11.6 Å². The van der Waals surface area contributed by atoms with Gasteiger partial charge in [-0.05, 0) is 67.6 Å². The largest absolute Gasteiger partial charge is 0.348 e. The summed E-state index contributed by atoms with van der Waals surface area (Å²) in [6.07, 6.45) is 3.23. The zero-order chi connectivity index (χ0) is 23.8. The molecule has 0 bridgehead atoms. The van der Waals surface area contributed by atoms with Crippen LogP contribution in [0.15, 0.2) is 53.4 Å². The van der Waals surface area contributed by atoms with E-state index in [0.29, 0.717) is 30.8 Å². The van der Waals surface area contributed by atoms with Gasteiger partial charge in [0, 0.05) is 30.7 Å². The molecule has 0 saturated carbocycles. The highest BCUT2D eigenvalue weighted by atomic mass is 35.5. The molecule has 0 aliphatic carbocycles. The van der Waals surface area contributed by atoms with Crippen LogP contribution in [0.2, 0.25) is 5.02 Å². The van der Waals surface area contributed by atoms with Crippen LogP contribution in [0.25, 0.3) is 0 Å². The minimum Gasteiger partial charge on any atom is -0.348 e. The number of sulfonamides is 1. The van der Waals surface area contributed by atoms with E-state index >= 15 is 0 Å². The zero-order valence-corrected chi connectivity index (χ0v) is 19.7. The Morgan fingerprint density at radius 2 is 1.61 bits per heavy atom. The number of nitrogens with one attached hydrogen (secondary N) is 2. The molecule has 3 rings (SSSR count). The van der Waals surface area contributed by atoms with Crippen LogP contribution in [-0.2, 0) is 26.0 Å². The highest BCUT2D eigenvalue weighted by Crippen LogP contribution is 2.27. The van der Waals surface area contributed by atoms with E-state index in [1.54, 1.807) is 24.3 Å². The van der Waals surface area contributed by atoms with Gasteiger partial charge in [-0.25, -0.2) is 12.8 Å². The van der Waals surface area contributed by atoms with Crippen LogP contribution in [0.3, 0.4) is 0 Å². The molecule has 33 heavy (non-hydrogen) atoms. The van der Waals surface area contributed by atoms with Crippen molar-refractivity contribution < 1.29 is 22.4 Å². The van der Waals surface area contributed by atoms with Crippen molar-refractivity contribution in [3.63, 3.8) is 0 Å². The molecule has 1 heterocycles. The summed E-state index contributed by atoms with van der Waals surface area (Å²) in [6, 6.07) is 11.7. The van der Waals surface area contributed by atoms with E-state index < -0.39 is 21.8 Å². The maximum absolute atomic E-state index is 13.1. The van der Waals surface area contributed by atoms with Crippen molar-refractivity contribution >= 4 is 33.4 Å². The van der Waals surface area contributed by atoms with Crippen LogP contribution in [0.5, 0.6) is 0 Å². The summed E-state index contributed by atoms with van der Waals surface area (Å²) in [5.74, 6) is -1.86. The third-order valence-corrected chi connectivity index (χ3v) is 7.79. The van der Waals surface area contributed by atoms with Crippen LogP contribution < -0.4 is 10.6 Å². The highest BCUT2D eigenvalue weighted by Gasteiger charge is 2.33. The molecular formula is C23H27ClFN3O4S. The second-order valence-corrected chi connectivity index (χ2v) is 10.2. The van der Waals surface area contributed by atoms with Crippen molar-refractivity contribution in [1.29, 1.82) is 0 Å². The molecule has 2 amide bonds. The topological polar surface area (TPSA) is 95.6 Å². The van der Waals surface area contributed by atoms with Crippen molar-refractivity contribution in [2.45, 2.75) is 43.0 Å². The molecule has 1 atom stereocenters. The van der Waals surface area contributed by atoms with E-state index in [1.807, 2.05) is 0 Å². The summed E-state index contributed by atoms with van der Waals surface area (Å²) in [5.41, 5.74) is 0.844. The number of benzene rings is 2. The molecule has 1 fully saturated rings. The first-order valence-corrected chi connectivity index (χ1v) is 12.7. The molecule has 1 aliphatic rings. The van der Waals surface area contributed by atoms with Gasteiger partial charge in [-0.1, -0.05) is 30.2 Å². The van der Waals surface area contributed by atoms with Crippen LogP contribution >= 0.6 is 11.6 Å². The third-order valence-electron chi connectivity index (χ3n) is 5.58. The van der Waals surface area contributed by atoms with Gasteiger partial charge in [-0.15, -0.1) is 0 Å². The van der Waals surface area contributed by atoms with Crippen molar-refractivity contribution in [1.82, 2.24) is 14.9 Å².